The van der Waals surface area contributed by atoms with Crippen LogP contribution >= 0.6 is 0 Å². The maximum atomic E-state index is 11.8. The van der Waals surface area contributed by atoms with Crippen LogP contribution in [0.5, 0.6) is 5.88 Å². The highest BCUT2D eigenvalue weighted by Gasteiger charge is 2.06. The lowest BCUT2D eigenvalue weighted by Crippen LogP contribution is -2.10. The van der Waals surface area contributed by atoms with E-state index in [9.17, 15) is 4.79 Å². The highest BCUT2D eigenvalue weighted by atomic mass is 16.5. The molecule has 0 aliphatic heterocycles. The van der Waals surface area contributed by atoms with Crippen LogP contribution in [0.4, 0.5) is 0 Å². The molecule has 0 bridgehead atoms. The van der Waals surface area contributed by atoms with Crippen molar-refractivity contribution in [2.75, 3.05) is 6.61 Å². The van der Waals surface area contributed by atoms with Gasteiger partial charge in [0.05, 0.1) is 12.1 Å². The van der Waals surface area contributed by atoms with Gasteiger partial charge in [0, 0.05) is 12.3 Å². The minimum atomic E-state index is -0.112. The first kappa shape index (κ1) is 11.8. The Labute approximate surface area is 109 Å². The molecule has 0 aliphatic carbocycles. The fraction of sp³-hybridized carbons (Fsp3) is 0.286. The van der Waals surface area contributed by atoms with Crippen molar-refractivity contribution in [3.8, 4) is 5.88 Å². The molecule has 0 saturated carbocycles. The molecule has 98 valence electrons. The lowest BCUT2D eigenvalue weighted by molar-refractivity contribution is 0.298. The number of nitrogens with zero attached hydrogens (tertiary/aromatic N) is 2. The zero-order valence-electron chi connectivity index (χ0n) is 10.7. The van der Waals surface area contributed by atoms with Crippen molar-refractivity contribution in [2.24, 2.45) is 0 Å². The molecule has 0 aromatic carbocycles. The highest BCUT2D eigenvalue weighted by Crippen LogP contribution is 2.15. The van der Waals surface area contributed by atoms with Crippen LogP contribution in [0.15, 0.2) is 35.3 Å². The minimum Gasteiger partial charge on any atom is -0.478 e. The predicted molar refractivity (Wildman–Crippen MR) is 73.7 cm³/mol. The molecule has 3 aromatic heterocycles. The van der Waals surface area contributed by atoms with Crippen LogP contribution in [0.3, 0.4) is 0 Å². The topological polar surface area (TPSA) is 59.4 Å². The number of nitrogens with one attached hydrogen (secondary N) is 1. The molecule has 0 aliphatic rings. The average molecular weight is 257 g/mol. The van der Waals surface area contributed by atoms with Gasteiger partial charge in [-0.1, -0.05) is 13.3 Å². The maximum absolute atomic E-state index is 11.8. The largest absolute Gasteiger partial charge is 0.478 e. The van der Waals surface area contributed by atoms with Crippen LogP contribution in [0, 0.1) is 0 Å². The Hall–Kier alpha value is -2.30. The van der Waals surface area contributed by atoms with Gasteiger partial charge in [-0.2, -0.15) is 4.98 Å². The predicted octanol–water partition coefficient (Wildman–Crippen LogP) is 2.35. The molecular weight excluding hydrogens is 242 g/mol. The Kier molecular flexibility index (Phi) is 2.95. The van der Waals surface area contributed by atoms with Gasteiger partial charge in [0.15, 0.2) is 5.65 Å². The van der Waals surface area contributed by atoms with E-state index in [0.717, 1.165) is 12.8 Å². The van der Waals surface area contributed by atoms with Gasteiger partial charge in [-0.3, -0.25) is 9.20 Å². The van der Waals surface area contributed by atoms with Crippen LogP contribution in [0.2, 0.25) is 0 Å². The lowest BCUT2D eigenvalue weighted by atomic mass is 10.3. The van der Waals surface area contributed by atoms with E-state index < -0.39 is 0 Å². The molecular formula is C14H15N3O2. The Bertz CT molecular complexity index is 773. The Morgan fingerprint density at radius 1 is 1.37 bits per heavy atom. The third kappa shape index (κ3) is 2.07. The number of fused-ring (bicyclic) bond motifs is 3. The van der Waals surface area contributed by atoms with E-state index in [4.69, 9.17) is 4.74 Å². The summed E-state index contributed by atoms with van der Waals surface area (Å²) >= 11 is 0. The molecule has 0 saturated heterocycles. The number of ether oxygens (including phenoxy) is 1. The van der Waals surface area contributed by atoms with Crippen LogP contribution in [0.25, 0.3) is 16.7 Å². The smallest absolute Gasteiger partial charge is 0.272 e. The monoisotopic (exact) mass is 257 g/mol. The van der Waals surface area contributed by atoms with Crippen molar-refractivity contribution in [2.45, 2.75) is 19.8 Å². The number of aromatic nitrogens is 3. The van der Waals surface area contributed by atoms with E-state index in [1.807, 2.05) is 18.3 Å². The van der Waals surface area contributed by atoms with Gasteiger partial charge in [0.2, 0.25) is 5.88 Å². The fourth-order valence-electron chi connectivity index (χ4n) is 2.05. The Morgan fingerprint density at radius 3 is 3.11 bits per heavy atom. The quantitative estimate of drug-likeness (QED) is 0.730. The van der Waals surface area contributed by atoms with Crippen molar-refractivity contribution in [3.63, 3.8) is 0 Å². The van der Waals surface area contributed by atoms with Crippen molar-refractivity contribution in [3.05, 3.63) is 40.8 Å². The van der Waals surface area contributed by atoms with E-state index >= 15 is 0 Å². The van der Waals surface area contributed by atoms with Crippen LogP contribution in [-0.2, 0) is 0 Å². The van der Waals surface area contributed by atoms with Crippen LogP contribution < -0.4 is 10.3 Å². The minimum absolute atomic E-state index is 0.112. The summed E-state index contributed by atoms with van der Waals surface area (Å²) in [5.41, 5.74) is 1.88. The first-order valence-corrected chi connectivity index (χ1v) is 6.42. The molecule has 5 heteroatoms. The SMILES string of the molecule is CCCCOc1ccc2[nH]c(=O)c3cccn3c2n1. The molecule has 3 rings (SSSR count). The number of hydrogen-bond donors (Lipinski definition) is 1. The summed E-state index contributed by atoms with van der Waals surface area (Å²) in [5, 5.41) is 0. The van der Waals surface area contributed by atoms with Crippen LogP contribution in [-0.4, -0.2) is 21.0 Å². The zero-order valence-corrected chi connectivity index (χ0v) is 10.7. The Morgan fingerprint density at radius 2 is 2.26 bits per heavy atom. The number of rotatable bonds is 4. The second-order valence-corrected chi connectivity index (χ2v) is 4.44. The molecule has 3 aromatic rings. The number of pyridine rings is 1. The van der Waals surface area contributed by atoms with Gasteiger partial charge in [0.25, 0.3) is 5.56 Å². The Balaban J connectivity index is 2.10. The van der Waals surface area contributed by atoms with Gasteiger partial charge < -0.3 is 9.72 Å². The number of hydrogen-bond acceptors (Lipinski definition) is 3. The molecule has 0 atom stereocenters. The fourth-order valence-corrected chi connectivity index (χ4v) is 2.05. The second kappa shape index (κ2) is 4.76. The van der Waals surface area contributed by atoms with E-state index in [1.165, 1.54) is 0 Å². The number of aromatic amines is 1. The van der Waals surface area contributed by atoms with Gasteiger partial charge >= 0.3 is 0 Å². The summed E-state index contributed by atoms with van der Waals surface area (Å²) in [5.74, 6) is 0.586. The molecule has 0 amide bonds. The summed E-state index contributed by atoms with van der Waals surface area (Å²) in [6.07, 6.45) is 3.92. The highest BCUT2D eigenvalue weighted by molar-refractivity contribution is 5.74. The molecule has 0 fully saturated rings. The summed E-state index contributed by atoms with van der Waals surface area (Å²) in [6, 6.07) is 7.20. The summed E-state index contributed by atoms with van der Waals surface area (Å²) in [6.45, 7) is 2.78. The van der Waals surface area contributed by atoms with Crippen molar-refractivity contribution in [1.82, 2.24) is 14.4 Å². The van der Waals surface area contributed by atoms with E-state index in [1.54, 1.807) is 16.5 Å². The van der Waals surface area contributed by atoms with Gasteiger partial charge in [-0.25, -0.2) is 0 Å². The molecule has 0 spiro atoms. The number of H-pyrrole nitrogens is 1. The van der Waals surface area contributed by atoms with E-state index in [0.29, 0.717) is 29.2 Å². The molecule has 0 radical (unpaired) electrons. The first-order valence-electron chi connectivity index (χ1n) is 6.42. The second-order valence-electron chi connectivity index (χ2n) is 4.44. The average Bonchev–Trinajstić information content (AvgIpc) is 2.90. The van der Waals surface area contributed by atoms with E-state index in [2.05, 4.69) is 16.9 Å². The maximum Gasteiger partial charge on any atom is 0.272 e. The molecule has 5 nitrogen and oxygen atoms in total. The van der Waals surface area contributed by atoms with Crippen molar-refractivity contribution in [1.29, 1.82) is 0 Å². The van der Waals surface area contributed by atoms with Gasteiger partial charge in [-0.15, -0.1) is 0 Å². The summed E-state index contributed by atoms with van der Waals surface area (Å²) in [4.78, 5) is 19.1. The standard InChI is InChI=1S/C14H15N3O2/c1-2-3-9-19-12-7-6-10-13(16-12)17-8-4-5-11(17)14(18)15-10/h4-8H,2-3,9H2,1H3,(H,15,18). The van der Waals surface area contributed by atoms with Gasteiger partial charge in [0.1, 0.15) is 5.52 Å². The lowest BCUT2D eigenvalue weighted by Gasteiger charge is -2.06. The van der Waals surface area contributed by atoms with Gasteiger partial charge in [-0.05, 0) is 24.6 Å². The van der Waals surface area contributed by atoms with Crippen molar-refractivity contribution >= 4 is 16.7 Å². The van der Waals surface area contributed by atoms with Crippen molar-refractivity contribution < 1.29 is 4.74 Å². The van der Waals surface area contributed by atoms with Crippen LogP contribution in [0.1, 0.15) is 19.8 Å². The van der Waals surface area contributed by atoms with E-state index in [-0.39, 0.29) is 5.56 Å². The molecule has 1 N–H and O–H groups in total. The molecule has 0 unspecified atom stereocenters. The third-order valence-corrected chi connectivity index (χ3v) is 3.06. The third-order valence-electron chi connectivity index (χ3n) is 3.06. The normalized spacial score (nSPS) is 11.2. The summed E-state index contributed by atoms with van der Waals surface area (Å²) < 4.78 is 7.37. The molecule has 19 heavy (non-hydrogen) atoms. The number of unbranched alkanes of at least 4 members (excludes halogenated alkanes) is 1. The summed E-state index contributed by atoms with van der Waals surface area (Å²) in [7, 11) is 0. The zero-order chi connectivity index (χ0) is 13.2. The first-order chi connectivity index (χ1) is 9.29. The molecule has 3 heterocycles.